The van der Waals surface area contributed by atoms with Gasteiger partial charge < -0.3 is 4.84 Å². The van der Waals surface area contributed by atoms with E-state index in [1.807, 2.05) is 0 Å². The van der Waals surface area contributed by atoms with Crippen LogP contribution in [-0.2, 0) is 0 Å². The van der Waals surface area contributed by atoms with Gasteiger partial charge in [0, 0.05) is 16.0 Å². The fourth-order valence-corrected chi connectivity index (χ4v) is 2.27. The van der Waals surface area contributed by atoms with Crippen LogP contribution in [-0.4, -0.2) is 10.8 Å². The minimum absolute atomic E-state index is 0.140. The number of nitrogens with zero attached hydrogens (tertiary/aromatic N) is 2. The summed E-state index contributed by atoms with van der Waals surface area (Å²) < 4.78 is 0. The lowest BCUT2D eigenvalue weighted by molar-refractivity contribution is -0.508. The topological polar surface area (TPSA) is 76.8 Å². The summed E-state index contributed by atoms with van der Waals surface area (Å²) in [6.07, 6.45) is 0. The van der Waals surface area contributed by atoms with E-state index in [4.69, 9.17) is 16.4 Å². The van der Waals surface area contributed by atoms with Gasteiger partial charge in [0.15, 0.2) is 5.75 Å². The number of halogens is 1. The second-order valence-electron chi connectivity index (χ2n) is 4.41. The second kappa shape index (κ2) is 5.41. The molecule has 6 nitrogen and oxygen atoms in total. The number of aliphatic imine (C=N–C) groups is 1. The first-order valence-electron chi connectivity index (χ1n) is 6.14. The van der Waals surface area contributed by atoms with E-state index in [9.17, 15) is 10.1 Å². The molecule has 0 spiro atoms. The molecule has 2 aromatic rings. The van der Waals surface area contributed by atoms with Gasteiger partial charge in [0.05, 0.1) is 11.3 Å². The summed E-state index contributed by atoms with van der Waals surface area (Å²) in [5.74, 6) is 0.587. The third kappa shape index (κ3) is 2.66. The van der Waals surface area contributed by atoms with Crippen LogP contribution in [0.1, 0.15) is 11.6 Å². The minimum Gasteiger partial charge on any atom is -0.381 e. The van der Waals surface area contributed by atoms with Gasteiger partial charge in [0.1, 0.15) is 0 Å². The van der Waals surface area contributed by atoms with Crippen molar-refractivity contribution in [2.24, 2.45) is 4.99 Å². The van der Waals surface area contributed by atoms with Crippen molar-refractivity contribution in [1.82, 2.24) is 5.48 Å². The molecule has 0 saturated carbocycles. The monoisotopic (exact) mass is 303 g/mol. The van der Waals surface area contributed by atoms with Crippen molar-refractivity contribution in [1.29, 1.82) is 0 Å². The molecular weight excluding hydrogens is 294 g/mol. The number of amidine groups is 1. The van der Waals surface area contributed by atoms with Gasteiger partial charge >= 0.3 is 0 Å². The van der Waals surface area contributed by atoms with Crippen LogP contribution in [0.3, 0.4) is 0 Å². The number of para-hydroxylation sites is 1. The molecule has 21 heavy (non-hydrogen) atoms. The molecule has 0 aliphatic carbocycles. The molecular formula is C14H10ClN3O3. The zero-order valence-electron chi connectivity index (χ0n) is 10.7. The van der Waals surface area contributed by atoms with Gasteiger partial charge in [-0.1, -0.05) is 29.8 Å². The van der Waals surface area contributed by atoms with E-state index in [1.165, 1.54) is 0 Å². The molecule has 0 radical (unpaired) electrons. The molecule has 0 saturated heterocycles. The number of rotatable bonds is 3. The fourth-order valence-electron chi connectivity index (χ4n) is 2.09. The van der Waals surface area contributed by atoms with E-state index in [-0.39, 0.29) is 5.84 Å². The van der Waals surface area contributed by atoms with Gasteiger partial charge in [-0.3, -0.25) is 10.1 Å². The first-order chi connectivity index (χ1) is 10.1. The van der Waals surface area contributed by atoms with Crippen LogP contribution >= 0.6 is 11.6 Å². The number of nitro groups is 1. The SMILES string of the molecule is O=[N+]([O-])[C@H]1C(NOc2cccc(Cl)c2)=Nc2ccccc21. The van der Waals surface area contributed by atoms with Crippen molar-refractivity contribution in [3.8, 4) is 5.75 Å². The van der Waals surface area contributed by atoms with E-state index in [0.717, 1.165) is 0 Å². The standard InChI is InChI=1S/C14H10ClN3O3/c15-9-4-3-5-10(8-9)21-17-14-13(18(19)20)11-6-1-2-7-12(11)16-14/h1-8,13H,(H,16,17)/t13-/m1/s1. The van der Waals surface area contributed by atoms with Crippen molar-refractivity contribution >= 4 is 23.1 Å². The average Bonchev–Trinajstić information content (AvgIpc) is 2.83. The first kappa shape index (κ1) is 13.4. The van der Waals surface area contributed by atoms with Crippen molar-refractivity contribution in [2.75, 3.05) is 0 Å². The Bertz CT molecular complexity index is 733. The fraction of sp³-hybridized carbons (Fsp3) is 0.0714. The van der Waals surface area contributed by atoms with Crippen LogP contribution in [0.2, 0.25) is 5.02 Å². The summed E-state index contributed by atoms with van der Waals surface area (Å²) in [6, 6.07) is 12.6. The predicted octanol–water partition coefficient (Wildman–Crippen LogP) is 3.29. The lowest BCUT2D eigenvalue weighted by Crippen LogP contribution is -2.33. The molecule has 3 rings (SSSR count). The maximum atomic E-state index is 11.2. The number of hydrogen-bond acceptors (Lipinski definition) is 5. The van der Waals surface area contributed by atoms with Crippen molar-refractivity contribution in [3.63, 3.8) is 0 Å². The number of hydrogen-bond donors (Lipinski definition) is 1. The van der Waals surface area contributed by atoms with Crippen molar-refractivity contribution in [2.45, 2.75) is 6.04 Å². The van der Waals surface area contributed by atoms with Gasteiger partial charge in [-0.05, 0) is 24.3 Å². The summed E-state index contributed by atoms with van der Waals surface area (Å²) in [7, 11) is 0. The van der Waals surface area contributed by atoms with Crippen LogP contribution in [0.5, 0.6) is 5.75 Å². The lowest BCUT2D eigenvalue weighted by atomic mass is 10.1. The van der Waals surface area contributed by atoms with Crippen molar-refractivity contribution in [3.05, 3.63) is 69.2 Å². The van der Waals surface area contributed by atoms with E-state index in [2.05, 4.69) is 10.5 Å². The van der Waals surface area contributed by atoms with Crippen LogP contribution < -0.4 is 10.3 Å². The van der Waals surface area contributed by atoms with Gasteiger partial charge in [0.25, 0.3) is 6.04 Å². The summed E-state index contributed by atoms with van der Waals surface area (Å²) in [4.78, 5) is 20.4. The predicted molar refractivity (Wildman–Crippen MR) is 78.5 cm³/mol. The first-order valence-corrected chi connectivity index (χ1v) is 6.52. The zero-order valence-corrected chi connectivity index (χ0v) is 11.4. The van der Waals surface area contributed by atoms with Crippen LogP contribution in [0.15, 0.2) is 53.5 Å². The van der Waals surface area contributed by atoms with Gasteiger partial charge in [-0.25, -0.2) is 10.5 Å². The quantitative estimate of drug-likeness (QED) is 0.697. The normalized spacial score (nSPS) is 16.0. The van der Waals surface area contributed by atoms with Crippen LogP contribution in [0.4, 0.5) is 5.69 Å². The maximum Gasteiger partial charge on any atom is 0.299 e. The van der Waals surface area contributed by atoms with E-state index in [1.54, 1.807) is 48.5 Å². The van der Waals surface area contributed by atoms with Crippen LogP contribution in [0.25, 0.3) is 0 Å². The number of nitrogens with one attached hydrogen (secondary N) is 1. The molecule has 2 aromatic carbocycles. The Morgan fingerprint density at radius 3 is 2.81 bits per heavy atom. The zero-order chi connectivity index (χ0) is 14.8. The largest absolute Gasteiger partial charge is 0.381 e. The molecule has 0 amide bonds. The second-order valence-corrected chi connectivity index (χ2v) is 4.84. The average molecular weight is 304 g/mol. The highest BCUT2D eigenvalue weighted by molar-refractivity contribution is 6.30. The highest BCUT2D eigenvalue weighted by Crippen LogP contribution is 2.34. The van der Waals surface area contributed by atoms with Gasteiger partial charge in [-0.2, -0.15) is 0 Å². The Hall–Kier alpha value is -2.60. The molecule has 106 valence electrons. The van der Waals surface area contributed by atoms with Crippen molar-refractivity contribution < 1.29 is 9.76 Å². The number of benzene rings is 2. The highest BCUT2D eigenvalue weighted by atomic mass is 35.5. The third-order valence-electron chi connectivity index (χ3n) is 3.01. The maximum absolute atomic E-state index is 11.2. The molecule has 0 bridgehead atoms. The van der Waals surface area contributed by atoms with E-state index < -0.39 is 11.0 Å². The molecule has 0 unspecified atom stereocenters. The molecule has 1 N–H and O–H groups in total. The molecule has 1 atom stereocenters. The number of hydroxylamine groups is 1. The third-order valence-corrected chi connectivity index (χ3v) is 3.25. The smallest absolute Gasteiger partial charge is 0.299 e. The molecule has 7 heteroatoms. The molecule has 0 aromatic heterocycles. The molecule has 1 heterocycles. The summed E-state index contributed by atoms with van der Waals surface area (Å²) >= 11 is 5.85. The summed E-state index contributed by atoms with van der Waals surface area (Å²) in [5, 5.41) is 11.8. The Morgan fingerprint density at radius 2 is 2.05 bits per heavy atom. The number of fused-ring (bicyclic) bond motifs is 1. The van der Waals surface area contributed by atoms with E-state index >= 15 is 0 Å². The Kier molecular flexibility index (Phi) is 3.45. The van der Waals surface area contributed by atoms with Crippen LogP contribution in [0, 0.1) is 10.1 Å². The summed E-state index contributed by atoms with van der Waals surface area (Å²) in [6.45, 7) is 0. The molecule has 1 aliphatic rings. The Labute approximate surface area is 125 Å². The Morgan fingerprint density at radius 1 is 1.24 bits per heavy atom. The molecule has 1 aliphatic heterocycles. The summed E-state index contributed by atoms with van der Waals surface area (Å²) in [5.41, 5.74) is 3.66. The minimum atomic E-state index is -1.06. The van der Waals surface area contributed by atoms with E-state index in [0.29, 0.717) is 22.0 Å². The highest BCUT2D eigenvalue weighted by Gasteiger charge is 2.37. The Balaban J connectivity index is 1.81. The van der Waals surface area contributed by atoms with Gasteiger partial charge in [0.2, 0.25) is 5.84 Å². The molecule has 0 fully saturated rings. The van der Waals surface area contributed by atoms with Gasteiger partial charge in [-0.15, -0.1) is 0 Å². The lowest BCUT2D eigenvalue weighted by Gasteiger charge is -2.10.